The standard InChI is InChI=1S/C37H42ClNO3/c1-36(2,3)29-16-14-27(15-17-29)25-41-35-34(40-21-20-26-10-7-6-8-11-26)32-23-31(18-19-33(32)42-37(35,4)5)39-24-28-12-9-13-30(38)22-28/h6-19,22-23,34-35,39H,20-21,24-25H2,1-5H3. The fourth-order valence-corrected chi connectivity index (χ4v) is 5.61. The normalized spacial score (nSPS) is 17.8. The second-order valence-electron chi connectivity index (χ2n) is 12.6. The van der Waals surface area contributed by atoms with Crippen LogP contribution in [-0.2, 0) is 34.5 Å². The van der Waals surface area contributed by atoms with E-state index in [-0.39, 0.29) is 17.6 Å². The van der Waals surface area contributed by atoms with Gasteiger partial charge in [0.2, 0.25) is 0 Å². The molecule has 0 saturated heterocycles. The minimum atomic E-state index is -0.592. The molecule has 0 saturated carbocycles. The van der Waals surface area contributed by atoms with Crippen LogP contribution in [0, 0.1) is 0 Å². The van der Waals surface area contributed by atoms with Crippen LogP contribution in [0.4, 0.5) is 5.69 Å². The summed E-state index contributed by atoms with van der Waals surface area (Å²) < 4.78 is 19.9. The van der Waals surface area contributed by atoms with E-state index in [9.17, 15) is 0 Å². The van der Waals surface area contributed by atoms with Gasteiger partial charge in [0, 0.05) is 22.8 Å². The van der Waals surface area contributed by atoms with Gasteiger partial charge in [-0.15, -0.1) is 0 Å². The Morgan fingerprint density at radius 1 is 0.810 bits per heavy atom. The van der Waals surface area contributed by atoms with Crippen LogP contribution in [0.3, 0.4) is 0 Å². The molecule has 0 fully saturated rings. The number of hydrogen-bond donors (Lipinski definition) is 1. The molecule has 0 aliphatic carbocycles. The smallest absolute Gasteiger partial charge is 0.132 e. The molecule has 5 heteroatoms. The van der Waals surface area contributed by atoms with Crippen LogP contribution >= 0.6 is 11.6 Å². The Morgan fingerprint density at radius 3 is 2.26 bits per heavy atom. The van der Waals surface area contributed by atoms with Crippen molar-refractivity contribution in [1.29, 1.82) is 0 Å². The molecule has 5 rings (SSSR count). The van der Waals surface area contributed by atoms with E-state index in [4.69, 9.17) is 25.8 Å². The van der Waals surface area contributed by atoms with Crippen LogP contribution < -0.4 is 10.1 Å². The number of nitrogens with one attached hydrogen (secondary N) is 1. The van der Waals surface area contributed by atoms with Crippen molar-refractivity contribution in [1.82, 2.24) is 0 Å². The van der Waals surface area contributed by atoms with E-state index >= 15 is 0 Å². The molecule has 0 bridgehead atoms. The van der Waals surface area contributed by atoms with Gasteiger partial charge < -0.3 is 19.5 Å². The van der Waals surface area contributed by atoms with Gasteiger partial charge in [0.1, 0.15) is 23.6 Å². The largest absolute Gasteiger partial charge is 0.485 e. The van der Waals surface area contributed by atoms with Crippen molar-refractivity contribution in [3.8, 4) is 5.75 Å². The van der Waals surface area contributed by atoms with Crippen LogP contribution in [0.1, 0.15) is 68.5 Å². The Bertz CT molecular complexity index is 1460. The van der Waals surface area contributed by atoms with Crippen molar-refractivity contribution in [3.05, 3.63) is 130 Å². The monoisotopic (exact) mass is 583 g/mol. The molecule has 1 aliphatic rings. The van der Waals surface area contributed by atoms with Crippen LogP contribution in [-0.4, -0.2) is 18.3 Å². The first kappa shape index (κ1) is 30.2. The summed E-state index contributed by atoms with van der Waals surface area (Å²) in [6.07, 6.45) is 0.210. The summed E-state index contributed by atoms with van der Waals surface area (Å²) in [7, 11) is 0. The van der Waals surface area contributed by atoms with Crippen LogP contribution in [0.15, 0.2) is 97.1 Å². The maximum Gasteiger partial charge on any atom is 0.132 e. The van der Waals surface area contributed by atoms with Gasteiger partial charge in [-0.1, -0.05) is 99.1 Å². The molecule has 0 spiro atoms. The number of ether oxygens (including phenoxy) is 3. The zero-order valence-corrected chi connectivity index (χ0v) is 26.1. The molecule has 4 aromatic carbocycles. The van der Waals surface area contributed by atoms with E-state index in [2.05, 4.69) is 107 Å². The Hall–Kier alpha value is -3.31. The molecule has 1 heterocycles. The minimum Gasteiger partial charge on any atom is -0.485 e. The van der Waals surface area contributed by atoms with Crippen molar-refractivity contribution >= 4 is 17.3 Å². The Morgan fingerprint density at radius 2 is 1.55 bits per heavy atom. The third-order valence-corrected chi connectivity index (χ3v) is 8.05. The molecular formula is C37H42ClNO3. The second kappa shape index (κ2) is 12.9. The number of hydrogen-bond acceptors (Lipinski definition) is 4. The summed E-state index contributed by atoms with van der Waals surface area (Å²) in [5.41, 5.74) is 6.30. The zero-order chi connectivity index (χ0) is 29.7. The third-order valence-electron chi connectivity index (χ3n) is 7.82. The summed E-state index contributed by atoms with van der Waals surface area (Å²) in [6.45, 7) is 12.6. The maximum absolute atomic E-state index is 6.70. The maximum atomic E-state index is 6.70. The van der Waals surface area contributed by atoms with Gasteiger partial charge in [0.25, 0.3) is 0 Å². The first-order chi connectivity index (χ1) is 20.1. The Balaban J connectivity index is 1.38. The van der Waals surface area contributed by atoms with Gasteiger partial charge in [0.05, 0.1) is 13.2 Å². The topological polar surface area (TPSA) is 39.7 Å². The fraction of sp³-hybridized carbons (Fsp3) is 0.351. The molecule has 1 aliphatic heterocycles. The molecular weight excluding hydrogens is 542 g/mol. The molecule has 2 atom stereocenters. The molecule has 1 N–H and O–H groups in total. The van der Waals surface area contributed by atoms with Crippen molar-refractivity contribution in [2.75, 3.05) is 11.9 Å². The molecule has 2 unspecified atom stereocenters. The van der Waals surface area contributed by atoms with E-state index in [1.807, 2.05) is 30.3 Å². The van der Waals surface area contributed by atoms with Crippen molar-refractivity contribution in [3.63, 3.8) is 0 Å². The highest BCUT2D eigenvalue weighted by Gasteiger charge is 2.45. The molecule has 220 valence electrons. The number of anilines is 1. The van der Waals surface area contributed by atoms with E-state index in [0.717, 1.165) is 39.6 Å². The van der Waals surface area contributed by atoms with Gasteiger partial charge in [-0.05, 0) is 78.3 Å². The second-order valence-corrected chi connectivity index (χ2v) is 13.1. The summed E-state index contributed by atoms with van der Waals surface area (Å²) >= 11 is 6.20. The molecule has 0 amide bonds. The zero-order valence-electron chi connectivity index (χ0n) is 25.3. The van der Waals surface area contributed by atoms with E-state index < -0.39 is 5.60 Å². The molecule has 4 aromatic rings. The van der Waals surface area contributed by atoms with Crippen molar-refractivity contribution < 1.29 is 14.2 Å². The van der Waals surface area contributed by atoms with E-state index in [1.165, 1.54) is 11.1 Å². The highest BCUT2D eigenvalue weighted by Crippen LogP contribution is 2.44. The van der Waals surface area contributed by atoms with E-state index in [1.54, 1.807) is 0 Å². The number of rotatable bonds is 10. The fourth-order valence-electron chi connectivity index (χ4n) is 5.39. The third kappa shape index (κ3) is 7.55. The highest BCUT2D eigenvalue weighted by molar-refractivity contribution is 6.30. The lowest BCUT2D eigenvalue weighted by molar-refractivity contribution is -0.167. The SMILES string of the molecule is CC(C)(C)c1ccc(COC2C(OCCc3ccccc3)c3cc(NCc4cccc(Cl)c4)ccc3OC2(C)C)cc1. The number of fused-ring (bicyclic) bond motifs is 1. The number of benzene rings is 4. The van der Waals surface area contributed by atoms with Crippen molar-refractivity contribution in [2.24, 2.45) is 0 Å². The molecule has 0 radical (unpaired) electrons. The Kier molecular flexibility index (Phi) is 9.27. The van der Waals surface area contributed by atoms with Gasteiger partial charge in [-0.3, -0.25) is 0 Å². The quantitative estimate of drug-likeness (QED) is 0.202. The minimum absolute atomic E-state index is 0.110. The van der Waals surface area contributed by atoms with E-state index in [0.29, 0.717) is 19.8 Å². The van der Waals surface area contributed by atoms with Gasteiger partial charge in [-0.2, -0.15) is 0 Å². The lowest BCUT2D eigenvalue weighted by atomic mass is 9.86. The average molecular weight is 584 g/mol. The molecule has 0 aromatic heterocycles. The lowest BCUT2D eigenvalue weighted by Gasteiger charge is -2.44. The van der Waals surface area contributed by atoms with Gasteiger partial charge in [0.15, 0.2) is 0 Å². The summed E-state index contributed by atoms with van der Waals surface area (Å²) in [6, 6.07) is 33.3. The predicted octanol–water partition coefficient (Wildman–Crippen LogP) is 9.31. The predicted molar refractivity (Wildman–Crippen MR) is 172 cm³/mol. The van der Waals surface area contributed by atoms with Gasteiger partial charge >= 0.3 is 0 Å². The summed E-state index contributed by atoms with van der Waals surface area (Å²) in [4.78, 5) is 0. The van der Waals surface area contributed by atoms with Crippen LogP contribution in [0.25, 0.3) is 0 Å². The number of halogens is 1. The molecule has 4 nitrogen and oxygen atoms in total. The summed E-state index contributed by atoms with van der Waals surface area (Å²) in [5.74, 6) is 0.826. The van der Waals surface area contributed by atoms with Crippen LogP contribution in [0.2, 0.25) is 5.02 Å². The first-order valence-electron chi connectivity index (χ1n) is 14.8. The van der Waals surface area contributed by atoms with Crippen molar-refractivity contribution in [2.45, 2.75) is 77.4 Å². The lowest BCUT2D eigenvalue weighted by Crippen LogP contribution is -2.51. The van der Waals surface area contributed by atoms with Gasteiger partial charge in [-0.25, -0.2) is 0 Å². The highest BCUT2D eigenvalue weighted by atomic mass is 35.5. The van der Waals surface area contributed by atoms with Crippen LogP contribution in [0.5, 0.6) is 5.75 Å². The molecule has 42 heavy (non-hydrogen) atoms. The average Bonchev–Trinajstić information content (AvgIpc) is 2.96. The summed E-state index contributed by atoms with van der Waals surface area (Å²) in [5, 5.41) is 4.27. The first-order valence-corrected chi connectivity index (χ1v) is 15.1. The Labute approximate surface area is 256 Å².